The molecule has 8 nitrogen and oxygen atoms in total. The second-order valence-electron chi connectivity index (χ2n) is 7.57. The molecule has 2 aromatic carbocycles. The molecule has 1 aliphatic heterocycles. The highest BCUT2D eigenvalue weighted by Crippen LogP contribution is 2.16. The Bertz CT molecular complexity index is 1020. The van der Waals surface area contributed by atoms with Gasteiger partial charge in [0.1, 0.15) is 0 Å². The van der Waals surface area contributed by atoms with E-state index in [1.807, 2.05) is 60.7 Å². The zero-order valence-electron chi connectivity index (χ0n) is 17.1. The van der Waals surface area contributed by atoms with Crippen LogP contribution in [-0.2, 0) is 22.6 Å². The maximum absolute atomic E-state index is 12.7. The second kappa shape index (κ2) is 9.53. The van der Waals surface area contributed by atoms with Crippen molar-refractivity contribution in [3.8, 4) is 11.4 Å². The van der Waals surface area contributed by atoms with Gasteiger partial charge >= 0.3 is 0 Å². The molecule has 1 unspecified atom stereocenters. The van der Waals surface area contributed by atoms with Crippen LogP contribution in [-0.4, -0.2) is 62.6 Å². The summed E-state index contributed by atoms with van der Waals surface area (Å²) in [5.41, 5.74) is 1.82. The lowest BCUT2D eigenvalue weighted by Crippen LogP contribution is -2.39. The van der Waals surface area contributed by atoms with Crippen molar-refractivity contribution in [1.82, 2.24) is 19.9 Å². The molecule has 1 N–H and O–H groups in total. The minimum Gasteiger partial charge on any atom is -0.389 e. The average molecular weight is 420 g/mol. The van der Waals surface area contributed by atoms with Gasteiger partial charge in [-0.05, 0) is 5.56 Å². The molecule has 4 rings (SSSR count). The maximum Gasteiger partial charge on any atom is 0.242 e. The van der Waals surface area contributed by atoms with Crippen molar-refractivity contribution in [2.45, 2.75) is 25.5 Å². The van der Waals surface area contributed by atoms with Crippen molar-refractivity contribution in [2.24, 2.45) is 0 Å². The molecular weight excluding hydrogens is 396 g/mol. The van der Waals surface area contributed by atoms with E-state index in [9.17, 15) is 14.7 Å². The normalized spacial score (nSPS) is 16.9. The first-order valence-electron chi connectivity index (χ1n) is 10.2. The number of rotatable bonds is 6. The summed E-state index contributed by atoms with van der Waals surface area (Å²) in [6.07, 6.45) is -0.408. The molecule has 1 fully saturated rings. The van der Waals surface area contributed by atoms with Crippen LogP contribution in [0.4, 0.5) is 0 Å². The van der Waals surface area contributed by atoms with E-state index >= 15 is 0 Å². The third-order valence-corrected chi connectivity index (χ3v) is 5.16. The van der Waals surface area contributed by atoms with Gasteiger partial charge in [0, 0.05) is 38.0 Å². The van der Waals surface area contributed by atoms with Crippen LogP contribution in [0.25, 0.3) is 11.4 Å². The molecule has 1 aliphatic rings. The number of benzene rings is 2. The summed E-state index contributed by atoms with van der Waals surface area (Å²) < 4.78 is 5.25. The number of hydrogen-bond acceptors (Lipinski definition) is 6. The van der Waals surface area contributed by atoms with Gasteiger partial charge < -0.3 is 19.4 Å². The summed E-state index contributed by atoms with van der Waals surface area (Å²) in [7, 11) is 0. The first-order valence-corrected chi connectivity index (χ1v) is 10.2. The Morgan fingerprint density at radius 2 is 1.77 bits per heavy atom. The molecule has 160 valence electrons. The SMILES string of the molecule is O=C(CCc1nc(-c2ccccc2)no1)N1CC(=O)N(Cc2ccccc2)CC(O)C1. The van der Waals surface area contributed by atoms with E-state index in [0.717, 1.165) is 11.1 Å². The van der Waals surface area contributed by atoms with Crippen LogP contribution < -0.4 is 0 Å². The number of aryl methyl sites for hydroxylation is 1. The van der Waals surface area contributed by atoms with E-state index in [4.69, 9.17) is 4.52 Å². The third kappa shape index (κ3) is 5.35. The Hall–Kier alpha value is -3.52. The number of aliphatic hydroxyl groups is 1. The highest BCUT2D eigenvalue weighted by Gasteiger charge is 2.29. The summed E-state index contributed by atoms with van der Waals surface area (Å²) >= 11 is 0. The minimum atomic E-state index is -0.799. The zero-order valence-corrected chi connectivity index (χ0v) is 17.1. The number of carbonyl (C=O) groups is 2. The molecule has 3 aromatic rings. The van der Waals surface area contributed by atoms with E-state index in [1.165, 1.54) is 4.90 Å². The van der Waals surface area contributed by atoms with Gasteiger partial charge in [-0.15, -0.1) is 0 Å². The van der Waals surface area contributed by atoms with Gasteiger partial charge in [0.25, 0.3) is 0 Å². The fraction of sp³-hybridized carbons (Fsp3) is 0.304. The Balaban J connectivity index is 1.34. The van der Waals surface area contributed by atoms with Crippen LogP contribution in [0.2, 0.25) is 0 Å². The molecule has 2 heterocycles. The van der Waals surface area contributed by atoms with Crippen LogP contribution >= 0.6 is 0 Å². The smallest absolute Gasteiger partial charge is 0.242 e. The molecule has 0 aliphatic carbocycles. The molecule has 8 heteroatoms. The van der Waals surface area contributed by atoms with E-state index in [1.54, 1.807) is 4.90 Å². The third-order valence-electron chi connectivity index (χ3n) is 5.16. The van der Waals surface area contributed by atoms with Gasteiger partial charge in [-0.1, -0.05) is 65.8 Å². The molecule has 0 spiro atoms. The lowest BCUT2D eigenvalue weighted by molar-refractivity contribution is -0.139. The fourth-order valence-corrected chi connectivity index (χ4v) is 3.58. The minimum absolute atomic E-state index is 0.0537. The van der Waals surface area contributed by atoms with Crippen LogP contribution in [0.5, 0.6) is 0 Å². The van der Waals surface area contributed by atoms with E-state index in [-0.39, 0.29) is 44.3 Å². The molecule has 0 saturated carbocycles. The molecule has 0 radical (unpaired) electrons. The second-order valence-corrected chi connectivity index (χ2v) is 7.57. The average Bonchev–Trinajstić information content (AvgIpc) is 3.21. The maximum atomic E-state index is 12.7. The Labute approximate surface area is 180 Å². The fourth-order valence-electron chi connectivity index (χ4n) is 3.58. The summed E-state index contributed by atoms with van der Waals surface area (Å²) in [5, 5.41) is 14.3. The first kappa shape index (κ1) is 20.7. The lowest BCUT2D eigenvalue weighted by Gasteiger charge is -2.21. The van der Waals surface area contributed by atoms with Crippen molar-refractivity contribution in [2.75, 3.05) is 19.6 Å². The Kier molecular flexibility index (Phi) is 6.37. The molecule has 1 atom stereocenters. The number of β-amino-alcohol motifs (C(OH)–C–C–N with tert-alkyl or cyclic N) is 1. The summed E-state index contributed by atoms with van der Waals surface area (Å²) in [6.45, 7) is 0.668. The zero-order chi connectivity index (χ0) is 21.6. The van der Waals surface area contributed by atoms with E-state index in [2.05, 4.69) is 10.1 Å². The Morgan fingerprint density at radius 3 is 2.52 bits per heavy atom. The number of hydrogen-bond donors (Lipinski definition) is 1. The van der Waals surface area contributed by atoms with Crippen molar-refractivity contribution in [3.63, 3.8) is 0 Å². The number of amides is 2. The van der Waals surface area contributed by atoms with Crippen LogP contribution in [0.3, 0.4) is 0 Å². The molecule has 2 amide bonds. The largest absolute Gasteiger partial charge is 0.389 e. The van der Waals surface area contributed by atoms with Crippen molar-refractivity contribution >= 4 is 11.8 Å². The monoisotopic (exact) mass is 420 g/mol. The molecule has 1 saturated heterocycles. The number of aliphatic hydroxyl groups excluding tert-OH is 1. The van der Waals surface area contributed by atoms with Gasteiger partial charge in [0.05, 0.1) is 12.6 Å². The molecule has 31 heavy (non-hydrogen) atoms. The van der Waals surface area contributed by atoms with Gasteiger partial charge in [-0.2, -0.15) is 4.98 Å². The number of carbonyl (C=O) groups excluding carboxylic acids is 2. The molecular formula is C23H24N4O4. The van der Waals surface area contributed by atoms with Gasteiger partial charge in [0.15, 0.2) is 0 Å². The highest BCUT2D eigenvalue weighted by atomic mass is 16.5. The highest BCUT2D eigenvalue weighted by molar-refractivity contribution is 5.85. The topological polar surface area (TPSA) is 99.8 Å². The molecule has 1 aromatic heterocycles. The molecule has 0 bridgehead atoms. The predicted octanol–water partition coefficient (Wildman–Crippen LogP) is 1.90. The van der Waals surface area contributed by atoms with Crippen molar-refractivity contribution in [1.29, 1.82) is 0 Å². The lowest BCUT2D eigenvalue weighted by atomic mass is 10.2. The summed E-state index contributed by atoms with van der Waals surface area (Å²) in [4.78, 5) is 32.7. The van der Waals surface area contributed by atoms with Crippen LogP contribution in [0.1, 0.15) is 17.9 Å². The Morgan fingerprint density at radius 1 is 1.06 bits per heavy atom. The van der Waals surface area contributed by atoms with Crippen LogP contribution in [0.15, 0.2) is 65.2 Å². The number of aromatic nitrogens is 2. The quantitative estimate of drug-likeness (QED) is 0.654. The first-order chi connectivity index (χ1) is 15.1. The van der Waals surface area contributed by atoms with Gasteiger partial charge in [0.2, 0.25) is 23.5 Å². The predicted molar refractivity (Wildman–Crippen MR) is 113 cm³/mol. The van der Waals surface area contributed by atoms with Crippen molar-refractivity contribution < 1.29 is 19.2 Å². The van der Waals surface area contributed by atoms with E-state index < -0.39 is 6.10 Å². The summed E-state index contributed by atoms with van der Waals surface area (Å²) in [5.74, 6) is 0.422. The van der Waals surface area contributed by atoms with Crippen LogP contribution in [0, 0.1) is 0 Å². The number of nitrogens with zero attached hydrogens (tertiary/aromatic N) is 4. The van der Waals surface area contributed by atoms with Crippen molar-refractivity contribution in [3.05, 3.63) is 72.1 Å². The van der Waals surface area contributed by atoms with Gasteiger partial charge in [-0.25, -0.2) is 0 Å². The summed E-state index contributed by atoms with van der Waals surface area (Å²) in [6, 6.07) is 19.0. The van der Waals surface area contributed by atoms with E-state index in [0.29, 0.717) is 18.3 Å². The standard InChI is InChI=1S/C23H24N4O4/c28-19-14-26(13-17-7-3-1-4-8-17)22(30)16-27(15-19)21(29)12-11-20-24-23(25-31-20)18-9-5-2-6-10-18/h1-10,19,28H,11-16H2. The van der Waals surface area contributed by atoms with Gasteiger partial charge in [-0.3, -0.25) is 9.59 Å².